The molecule has 2 heterocycles. The predicted molar refractivity (Wildman–Crippen MR) is 152 cm³/mol. The highest BCUT2D eigenvalue weighted by Gasteiger charge is 2.61. The number of hydrogen-bond donors (Lipinski definition) is 3. The van der Waals surface area contributed by atoms with Crippen molar-refractivity contribution in [1.82, 2.24) is 15.5 Å². The van der Waals surface area contributed by atoms with Crippen LogP contribution in [0.4, 0.5) is 4.79 Å². The molecule has 1 saturated carbocycles. The van der Waals surface area contributed by atoms with Gasteiger partial charge in [-0.1, -0.05) is 63.3 Å². The lowest BCUT2D eigenvalue weighted by molar-refractivity contribution is -0.145. The first kappa shape index (κ1) is 30.4. The maximum atomic E-state index is 13.9. The summed E-state index contributed by atoms with van der Waals surface area (Å²) in [7, 11) is 0. The van der Waals surface area contributed by atoms with Crippen LogP contribution in [0.25, 0.3) is 0 Å². The third kappa shape index (κ3) is 7.40. The van der Waals surface area contributed by atoms with Crippen LogP contribution < -0.4 is 15.4 Å². The number of cyclic esters (lactones) is 1. The lowest BCUT2D eigenvalue weighted by Gasteiger charge is -2.29. The number of para-hydroxylation sites is 1. The van der Waals surface area contributed by atoms with Crippen molar-refractivity contribution in [3.63, 3.8) is 0 Å². The number of benzene rings is 1. The summed E-state index contributed by atoms with van der Waals surface area (Å²) >= 11 is 0. The van der Waals surface area contributed by atoms with Gasteiger partial charge in [0.25, 0.3) is 0 Å². The fourth-order valence-electron chi connectivity index (χ4n) is 5.86. The number of amides is 3. The summed E-state index contributed by atoms with van der Waals surface area (Å²) < 4.78 is 11.8. The Bertz CT molecular complexity index is 1120. The van der Waals surface area contributed by atoms with Crippen molar-refractivity contribution in [3.8, 4) is 5.75 Å². The third-order valence-electron chi connectivity index (χ3n) is 8.40. The molecule has 3 aliphatic rings. The van der Waals surface area contributed by atoms with E-state index in [1.54, 1.807) is 0 Å². The zero-order chi connectivity index (χ0) is 29.4. The van der Waals surface area contributed by atoms with Gasteiger partial charge in [0.2, 0.25) is 11.8 Å². The van der Waals surface area contributed by atoms with E-state index in [0.29, 0.717) is 12.8 Å². The molecule has 0 radical (unpaired) electrons. The van der Waals surface area contributed by atoms with E-state index in [0.717, 1.165) is 56.3 Å². The van der Waals surface area contributed by atoms with Crippen molar-refractivity contribution in [2.24, 2.45) is 5.92 Å². The van der Waals surface area contributed by atoms with Gasteiger partial charge in [0.15, 0.2) is 0 Å². The van der Waals surface area contributed by atoms with E-state index in [1.807, 2.05) is 31.2 Å². The van der Waals surface area contributed by atoms with Gasteiger partial charge in [-0.25, -0.2) is 9.59 Å². The molecule has 1 aliphatic carbocycles. The number of fused-ring (bicyclic) bond motifs is 3. The quantitative estimate of drug-likeness (QED) is 0.423. The molecule has 0 aromatic heterocycles. The molecule has 10 nitrogen and oxygen atoms in total. The fraction of sp³-hybridized carbons (Fsp3) is 0.613. The highest BCUT2D eigenvalue weighted by molar-refractivity contribution is 5.96. The summed E-state index contributed by atoms with van der Waals surface area (Å²) in [5.41, 5.74) is -0.345. The Morgan fingerprint density at radius 1 is 1.20 bits per heavy atom. The number of ether oxygens (including phenoxy) is 2. The van der Waals surface area contributed by atoms with E-state index >= 15 is 0 Å². The predicted octanol–water partition coefficient (Wildman–Crippen LogP) is 3.97. The average molecular weight is 570 g/mol. The number of carboxylic acid groups (broad SMARTS) is 1. The van der Waals surface area contributed by atoms with Crippen LogP contribution >= 0.6 is 0 Å². The second-order valence-corrected chi connectivity index (χ2v) is 11.4. The zero-order valence-electron chi connectivity index (χ0n) is 23.9. The molecule has 224 valence electrons. The number of carbonyl (C=O) groups excluding carboxylic acids is 3. The van der Waals surface area contributed by atoms with E-state index in [9.17, 15) is 24.3 Å². The monoisotopic (exact) mass is 569 g/mol. The van der Waals surface area contributed by atoms with Crippen molar-refractivity contribution in [1.29, 1.82) is 0 Å². The minimum Gasteiger partial charge on any atom is -0.488 e. The van der Waals surface area contributed by atoms with Gasteiger partial charge in [-0.05, 0) is 43.7 Å². The summed E-state index contributed by atoms with van der Waals surface area (Å²) in [5.74, 6) is -1.74. The minimum atomic E-state index is -1.42. The molecule has 1 saturated heterocycles. The first-order valence-corrected chi connectivity index (χ1v) is 14.9. The number of alkyl carbamates (subject to hydrolysis) is 1. The largest absolute Gasteiger partial charge is 0.488 e. The summed E-state index contributed by atoms with van der Waals surface area (Å²) in [5, 5.41) is 15.3. The molecule has 0 spiro atoms. The van der Waals surface area contributed by atoms with Crippen LogP contribution in [0.5, 0.6) is 5.75 Å². The van der Waals surface area contributed by atoms with Crippen LogP contribution in [0.15, 0.2) is 36.9 Å². The Labute approximate surface area is 241 Å². The topological polar surface area (TPSA) is 134 Å². The lowest BCUT2D eigenvalue weighted by atomic mass is 10.0. The number of aryl methyl sites for hydroxylation is 1. The van der Waals surface area contributed by atoms with Crippen LogP contribution in [0.3, 0.4) is 0 Å². The van der Waals surface area contributed by atoms with Crippen molar-refractivity contribution >= 4 is 23.9 Å². The zero-order valence-corrected chi connectivity index (χ0v) is 23.9. The molecular formula is C31H43N3O7. The average Bonchev–Trinajstić information content (AvgIpc) is 3.52. The van der Waals surface area contributed by atoms with Gasteiger partial charge in [0.1, 0.15) is 29.5 Å². The van der Waals surface area contributed by atoms with Crippen LogP contribution in [-0.2, 0) is 25.5 Å². The van der Waals surface area contributed by atoms with Crippen molar-refractivity contribution < 1.29 is 33.8 Å². The normalized spacial score (nSPS) is 29.0. The number of unbranched alkanes of at least 4 members (excludes halogenated alkanes) is 1. The fourth-order valence-corrected chi connectivity index (χ4v) is 5.86. The molecular weight excluding hydrogens is 526 g/mol. The Kier molecular flexibility index (Phi) is 10.3. The lowest BCUT2D eigenvalue weighted by Crippen LogP contribution is -2.56. The van der Waals surface area contributed by atoms with Gasteiger partial charge in [0, 0.05) is 12.3 Å². The number of nitrogens with one attached hydrogen (secondary N) is 2. The van der Waals surface area contributed by atoms with Crippen LogP contribution in [0, 0.1) is 5.92 Å². The molecule has 10 heteroatoms. The maximum absolute atomic E-state index is 13.9. The van der Waals surface area contributed by atoms with Crippen LogP contribution in [0.2, 0.25) is 0 Å². The molecule has 0 unspecified atom stereocenters. The Morgan fingerprint density at radius 2 is 1.95 bits per heavy atom. The standard InChI is InChI=1S/C31H43N3O7/c1-3-5-15-24-28(36)34-20-23(18-25(34)27(35)33-31(29(37)38)19-22(31)4-2)41-26-16-11-10-14-21(26)13-9-7-6-8-12-17-40-30(39)32-24/h4,10-11,14,16,22-25H,2-3,5-9,12-13,15,17-20H2,1H3,(H,32,39)(H,33,35)(H,37,38)/t22-,23+,24-,25-,31-/m0/s1. The second kappa shape index (κ2) is 13.9. The van der Waals surface area contributed by atoms with Gasteiger partial charge in [-0.3, -0.25) is 9.59 Å². The Balaban J connectivity index is 1.61. The number of aliphatic carboxylic acids is 1. The van der Waals surface area contributed by atoms with E-state index in [2.05, 4.69) is 17.2 Å². The molecule has 4 rings (SSSR count). The number of carbonyl (C=O) groups is 4. The smallest absolute Gasteiger partial charge is 0.407 e. The van der Waals surface area contributed by atoms with Gasteiger partial charge >= 0.3 is 12.1 Å². The third-order valence-corrected chi connectivity index (χ3v) is 8.40. The summed E-state index contributed by atoms with van der Waals surface area (Å²) in [4.78, 5) is 53.7. The molecule has 3 amide bonds. The first-order chi connectivity index (χ1) is 19.8. The molecule has 1 aromatic carbocycles. The molecule has 3 N–H and O–H groups in total. The highest BCUT2D eigenvalue weighted by atomic mass is 16.5. The number of nitrogens with zero attached hydrogens (tertiary/aromatic N) is 1. The number of carboxylic acids is 1. The van der Waals surface area contributed by atoms with Crippen LogP contribution in [0.1, 0.15) is 76.7 Å². The highest BCUT2D eigenvalue weighted by Crippen LogP contribution is 2.45. The Hall–Kier alpha value is -3.56. The van der Waals surface area contributed by atoms with E-state index < -0.39 is 47.6 Å². The van der Waals surface area contributed by atoms with Gasteiger partial charge in [-0.2, -0.15) is 0 Å². The van der Waals surface area contributed by atoms with Crippen molar-refractivity contribution in [2.45, 2.75) is 101 Å². The second-order valence-electron chi connectivity index (χ2n) is 11.4. The van der Waals surface area contributed by atoms with Crippen LogP contribution in [-0.4, -0.2) is 70.8 Å². The van der Waals surface area contributed by atoms with Crippen molar-refractivity contribution in [3.05, 3.63) is 42.5 Å². The first-order valence-electron chi connectivity index (χ1n) is 14.9. The molecule has 1 aromatic rings. The van der Waals surface area contributed by atoms with E-state index in [4.69, 9.17) is 9.47 Å². The summed E-state index contributed by atoms with van der Waals surface area (Å²) in [6.45, 7) is 6.09. The molecule has 2 aliphatic heterocycles. The van der Waals surface area contributed by atoms with Gasteiger partial charge < -0.3 is 30.1 Å². The summed E-state index contributed by atoms with van der Waals surface area (Å²) in [6.07, 6.45) is 8.34. The number of rotatable bonds is 7. The SMILES string of the molecule is C=C[C@H]1C[C@@]1(NC(=O)[C@@H]1C[C@@H]2CN1C(=O)[C@H](CCCC)NC(=O)OCCCCCCCc1ccccc1O2)C(=O)O. The molecule has 41 heavy (non-hydrogen) atoms. The maximum Gasteiger partial charge on any atom is 0.407 e. The van der Waals surface area contributed by atoms with Gasteiger partial charge in [-0.15, -0.1) is 6.58 Å². The molecule has 2 fully saturated rings. The Morgan fingerprint density at radius 3 is 2.68 bits per heavy atom. The van der Waals surface area contributed by atoms with E-state index in [1.165, 1.54) is 11.0 Å². The van der Waals surface area contributed by atoms with E-state index in [-0.39, 0.29) is 31.9 Å². The van der Waals surface area contributed by atoms with Crippen molar-refractivity contribution in [2.75, 3.05) is 13.2 Å². The number of hydrogen-bond acceptors (Lipinski definition) is 6. The van der Waals surface area contributed by atoms with Gasteiger partial charge in [0.05, 0.1) is 13.2 Å². The summed E-state index contributed by atoms with van der Waals surface area (Å²) in [6, 6.07) is 6.00. The molecule has 2 bridgehead atoms. The molecule has 5 atom stereocenters. The minimum absolute atomic E-state index is 0.134.